The average molecular weight is 967 g/mol. The molecule has 6 aliphatic heterocycles. The maximum atomic E-state index is 11.9. The van der Waals surface area contributed by atoms with Gasteiger partial charge in [0.05, 0.1) is 22.4 Å². The Morgan fingerprint density at radius 1 is 0.592 bits per heavy atom. The van der Waals surface area contributed by atoms with Crippen molar-refractivity contribution in [2.75, 3.05) is 83.0 Å². The summed E-state index contributed by atoms with van der Waals surface area (Å²) in [6.45, 7) is 12.1. The van der Waals surface area contributed by atoms with Gasteiger partial charge in [0.25, 0.3) is 11.8 Å². The summed E-state index contributed by atoms with van der Waals surface area (Å²) in [5.41, 5.74) is 5.42. The van der Waals surface area contributed by atoms with E-state index in [4.69, 9.17) is 37.9 Å². The van der Waals surface area contributed by atoms with E-state index in [0.29, 0.717) is 19.0 Å². The molecule has 12 rings (SSSR count). The Bertz CT molecular complexity index is 2900. The van der Waals surface area contributed by atoms with Crippen LogP contribution < -0.4 is 53.0 Å². The number of fused-ring (bicyclic) bond motifs is 8. The van der Waals surface area contributed by atoms with E-state index in [-0.39, 0.29) is 49.4 Å². The zero-order valence-electron chi connectivity index (χ0n) is 41.1. The van der Waals surface area contributed by atoms with Gasteiger partial charge >= 0.3 is 0 Å². The van der Waals surface area contributed by atoms with Crippen molar-refractivity contribution >= 4 is 45.0 Å². The van der Waals surface area contributed by atoms with Gasteiger partial charge in [0.1, 0.15) is 60.6 Å². The molecule has 2 fully saturated rings. The highest BCUT2D eigenvalue weighted by atomic mass is 16.6. The number of carbonyl (C=O) groups is 2. The Balaban J connectivity index is 0.000000136. The number of aryl methyl sites for hydroxylation is 2. The second-order valence-electron chi connectivity index (χ2n) is 18.8. The summed E-state index contributed by atoms with van der Waals surface area (Å²) in [5.74, 6) is 6.17. The van der Waals surface area contributed by atoms with Crippen molar-refractivity contribution in [3.63, 3.8) is 0 Å². The predicted octanol–water partition coefficient (Wildman–Crippen LogP) is 7.85. The second kappa shape index (κ2) is 21.1. The van der Waals surface area contributed by atoms with E-state index in [1.54, 1.807) is 23.9 Å². The molecule has 8 heterocycles. The number of carbonyl (C=O) groups excluding carboxylic acids is 2. The van der Waals surface area contributed by atoms with Crippen LogP contribution in [0.3, 0.4) is 0 Å². The van der Waals surface area contributed by atoms with Gasteiger partial charge in [-0.2, -0.15) is 0 Å². The maximum Gasteiger partial charge on any atom is 0.264 e. The van der Waals surface area contributed by atoms with Crippen LogP contribution in [-0.4, -0.2) is 124 Å². The first-order valence-corrected chi connectivity index (χ1v) is 24.8. The molecule has 2 amide bonds. The van der Waals surface area contributed by atoms with Crippen LogP contribution in [0.25, 0.3) is 21.8 Å². The van der Waals surface area contributed by atoms with Crippen molar-refractivity contribution in [3.05, 3.63) is 96.3 Å². The van der Waals surface area contributed by atoms with Crippen LogP contribution in [0, 0.1) is 13.8 Å². The number of pyridine rings is 2. The Morgan fingerprint density at radius 2 is 1.07 bits per heavy atom. The number of piperidine rings is 2. The van der Waals surface area contributed by atoms with E-state index < -0.39 is 0 Å². The molecule has 71 heavy (non-hydrogen) atoms. The van der Waals surface area contributed by atoms with Gasteiger partial charge < -0.3 is 53.0 Å². The molecule has 372 valence electrons. The van der Waals surface area contributed by atoms with E-state index in [1.807, 2.05) is 86.6 Å². The van der Waals surface area contributed by atoms with Crippen molar-refractivity contribution in [1.82, 2.24) is 20.2 Å². The first kappa shape index (κ1) is 47.6. The molecule has 6 aromatic rings. The lowest BCUT2D eigenvalue weighted by molar-refractivity contribution is -0.121. The van der Waals surface area contributed by atoms with Gasteiger partial charge in [-0.3, -0.25) is 24.5 Å². The topological polar surface area (TPSA) is 156 Å². The minimum atomic E-state index is -0.0566. The quantitative estimate of drug-likeness (QED) is 0.165. The third kappa shape index (κ3) is 10.8. The first-order valence-electron chi connectivity index (χ1n) is 24.8. The number of hydrogen-bond donors (Lipinski definition) is 1. The number of hydrogen-bond acceptors (Lipinski definition) is 14. The molecule has 2 saturated heterocycles. The molecule has 0 radical (unpaired) electrons. The summed E-state index contributed by atoms with van der Waals surface area (Å²) in [7, 11) is 3.53. The Hall–Kier alpha value is -7.04. The number of nitrogens with zero attached hydrogens (tertiary/aromatic N) is 5. The average Bonchev–Trinajstić information content (AvgIpc) is 3.39. The number of benzene rings is 4. The molecule has 0 unspecified atom stereocenters. The molecule has 2 aromatic heterocycles. The third-order valence-corrected chi connectivity index (χ3v) is 13.6. The zero-order chi connectivity index (χ0) is 49.0. The number of rotatable bonds is 7. The molecule has 0 bridgehead atoms. The van der Waals surface area contributed by atoms with Gasteiger partial charge in [-0.25, -0.2) is 0 Å². The smallest absolute Gasteiger partial charge is 0.264 e. The number of amides is 2. The summed E-state index contributed by atoms with van der Waals surface area (Å²) in [6, 6.07) is 27.3. The fourth-order valence-electron chi connectivity index (χ4n) is 9.49. The van der Waals surface area contributed by atoms with Crippen molar-refractivity contribution in [1.29, 1.82) is 0 Å². The number of nitrogens with one attached hydrogen (secondary N) is 1. The van der Waals surface area contributed by atoms with Crippen LogP contribution in [0.5, 0.6) is 46.0 Å². The highest BCUT2D eigenvalue weighted by molar-refractivity contribution is 5.98. The van der Waals surface area contributed by atoms with Crippen LogP contribution in [0.4, 0.5) is 11.4 Å². The van der Waals surface area contributed by atoms with E-state index in [1.165, 1.54) is 0 Å². The summed E-state index contributed by atoms with van der Waals surface area (Å²) in [5, 5.41) is 5.34. The largest absolute Gasteiger partial charge is 0.490 e. The summed E-state index contributed by atoms with van der Waals surface area (Å²) < 4.78 is 47.3. The number of likely N-dealkylation sites (tertiary alicyclic amines) is 1. The second-order valence-corrected chi connectivity index (χ2v) is 18.8. The van der Waals surface area contributed by atoms with E-state index in [2.05, 4.69) is 39.2 Å². The molecule has 0 spiro atoms. The monoisotopic (exact) mass is 966 g/mol. The molecule has 6 aliphatic rings. The SMILES string of the molecule is CC[C@H]1COc2ccc3nc(C)ccc3c2O1.CN1C(=O)COc2ccc(OC3CCNCC3)cc21.Cc1ccc2c3c(ccc2n1)OC[C@H](CN1CCC(Oc2ccc4c(c2)N(C)C(=O)CO4)CC1)O3. The lowest BCUT2D eigenvalue weighted by Gasteiger charge is -2.36. The molecule has 16 nitrogen and oxygen atoms in total. The summed E-state index contributed by atoms with van der Waals surface area (Å²) in [6.07, 6.45) is 5.36. The van der Waals surface area contributed by atoms with Gasteiger partial charge in [0, 0.05) is 68.0 Å². The molecular formula is C55H62N6O10. The minimum absolute atomic E-state index is 0.0272. The van der Waals surface area contributed by atoms with Crippen molar-refractivity contribution in [2.45, 2.75) is 77.3 Å². The fourth-order valence-corrected chi connectivity index (χ4v) is 9.49. The zero-order valence-corrected chi connectivity index (χ0v) is 41.1. The van der Waals surface area contributed by atoms with Gasteiger partial charge in [0.2, 0.25) is 0 Å². The van der Waals surface area contributed by atoms with E-state index in [9.17, 15) is 9.59 Å². The van der Waals surface area contributed by atoms with Crippen LogP contribution in [0.2, 0.25) is 0 Å². The van der Waals surface area contributed by atoms with Crippen LogP contribution >= 0.6 is 0 Å². The van der Waals surface area contributed by atoms with Crippen molar-refractivity contribution in [3.8, 4) is 46.0 Å². The Labute approximate surface area is 414 Å². The molecule has 16 heteroatoms. The van der Waals surface area contributed by atoms with E-state index in [0.717, 1.165) is 150 Å². The van der Waals surface area contributed by atoms with Crippen molar-refractivity contribution in [2.24, 2.45) is 0 Å². The van der Waals surface area contributed by atoms with Crippen LogP contribution in [-0.2, 0) is 9.59 Å². The van der Waals surface area contributed by atoms with Gasteiger partial charge in [-0.05, 0) is 132 Å². The molecular weight excluding hydrogens is 905 g/mol. The molecule has 0 saturated carbocycles. The summed E-state index contributed by atoms with van der Waals surface area (Å²) >= 11 is 0. The number of ether oxygens (including phenoxy) is 8. The van der Waals surface area contributed by atoms with E-state index >= 15 is 0 Å². The third-order valence-electron chi connectivity index (χ3n) is 13.6. The Morgan fingerprint density at radius 3 is 1.59 bits per heavy atom. The number of aromatic nitrogens is 2. The normalized spacial score (nSPS) is 19.8. The molecule has 2 atom stereocenters. The molecule has 4 aromatic carbocycles. The predicted molar refractivity (Wildman–Crippen MR) is 270 cm³/mol. The van der Waals surface area contributed by atoms with Crippen molar-refractivity contribution < 1.29 is 47.5 Å². The maximum absolute atomic E-state index is 11.9. The number of likely N-dealkylation sites (N-methyl/N-ethyl adjacent to an activating group) is 2. The van der Waals surface area contributed by atoms with Gasteiger partial charge in [-0.1, -0.05) is 6.92 Å². The number of anilines is 2. The highest BCUT2D eigenvalue weighted by Gasteiger charge is 2.30. The summed E-state index contributed by atoms with van der Waals surface area (Å²) in [4.78, 5) is 38.3. The highest BCUT2D eigenvalue weighted by Crippen LogP contribution is 2.41. The minimum Gasteiger partial charge on any atom is -0.490 e. The lowest BCUT2D eigenvalue weighted by Crippen LogP contribution is -2.45. The van der Waals surface area contributed by atoms with Gasteiger partial charge in [-0.15, -0.1) is 0 Å². The standard InChI is InChI=1S/C27H29N3O5.C14H18N2O3.C14H15NO2/c1-17-3-5-21-22(28-17)6-8-25-27(21)35-20(15-32-25)14-30-11-9-18(10-12-30)34-19-4-7-24-23(13-19)29(2)26(31)16-33-24;1-16-12-8-11(19-10-4-6-15-7-5-10)2-3-13(12)18-9-14(16)17;1-3-10-8-16-13-7-6-12-11(14(13)17-10)5-4-9(2)15-12/h3-8,13,18,20H,9-12,14-16H2,1-2H3;2-3,8,10,15H,4-7,9H2,1H3;4-7,10H,3,8H2,1-2H3/t20-;;10-/m0.0/s1. The van der Waals surface area contributed by atoms with Gasteiger partial charge in [0.15, 0.2) is 36.2 Å². The molecule has 0 aliphatic carbocycles. The molecule has 1 N–H and O–H groups in total. The Kier molecular flexibility index (Phi) is 14.2. The fraction of sp³-hybridized carbons (Fsp3) is 0.418. The lowest BCUT2D eigenvalue weighted by atomic mass is 10.1. The van der Waals surface area contributed by atoms with Crippen LogP contribution in [0.15, 0.2) is 84.9 Å². The first-order chi connectivity index (χ1) is 34.5. The van der Waals surface area contributed by atoms with Crippen LogP contribution in [0.1, 0.15) is 50.4 Å².